The van der Waals surface area contributed by atoms with E-state index in [0.29, 0.717) is 112 Å². The van der Waals surface area contributed by atoms with Gasteiger partial charge in [0, 0.05) is 13.0 Å². The van der Waals surface area contributed by atoms with E-state index < -0.39 is 0 Å². The standard InChI is InChI=1S/C11H22O5.C10H20O6.C6H14O4.C5H10O2.BI/c1-3-5-13-6-7-14-8-9-15-10-11(12)16-4-2;1-2-16-10(12)9-15-8-7-14-6-5-13-4-3-11;7-1-3-9-5-6-10-4-2-8;1-3-5(6)7-4-2;1-2/h3-10H2,1-2H3;11H,2-9H2,1H3;7-8H,1-6H2;3-4H2,1-2H3;. The molecule has 0 saturated heterocycles. The summed E-state index contributed by atoms with van der Waals surface area (Å²) in [6, 6.07) is 0. The van der Waals surface area contributed by atoms with Gasteiger partial charge in [-0.15, -0.1) is 0 Å². The summed E-state index contributed by atoms with van der Waals surface area (Å²) in [5.74, 6) is -0.829. The molecule has 0 atom stereocenters. The van der Waals surface area contributed by atoms with Crippen molar-refractivity contribution in [1.82, 2.24) is 0 Å². The molecule has 3 N–H and O–H groups in total. The summed E-state index contributed by atoms with van der Waals surface area (Å²) in [5, 5.41) is 24.9. The van der Waals surface area contributed by atoms with E-state index >= 15 is 0 Å². The van der Waals surface area contributed by atoms with Crippen LogP contribution >= 0.6 is 22.4 Å². The molecule has 0 aromatic rings. The Bertz CT molecular complexity index is 611. The number of carbonyl (C=O) groups is 3. The molecule has 0 aliphatic carbocycles. The van der Waals surface area contributed by atoms with Crippen molar-refractivity contribution in [2.75, 3.05) is 145 Å². The number of aliphatic hydroxyl groups is 3. The quantitative estimate of drug-likeness (QED) is 0.0293. The molecule has 51 heavy (non-hydrogen) atoms. The average Bonchev–Trinajstić information content (AvgIpc) is 3.13. The van der Waals surface area contributed by atoms with Crippen molar-refractivity contribution in [3.63, 3.8) is 0 Å². The molecular formula is C32H66BIO17. The first-order valence-electron chi connectivity index (χ1n) is 17.0. The van der Waals surface area contributed by atoms with Gasteiger partial charge in [0.25, 0.3) is 0 Å². The molecule has 0 fully saturated rings. The van der Waals surface area contributed by atoms with Crippen molar-refractivity contribution in [3.05, 3.63) is 0 Å². The van der Waals surface area contributed by atoms with Crippen LogP contribution in [-0.4, -0.2) is 184 Å². The predicted octanol–water partition coefficient (Wildman–Crippen LogP) is 1.07. The number of hydrogen-bond donors (Lipinski definition) is 3. The highest BCUT2D eigenvalue weighted by Crippen LogP contribution is 1.86. The molecule has 306 valence electrons. The minimum atomic E-state index is -0.367. The Kier molecular flexibility index (Phi) is 70.4. The normalized spacial score (nSPS) is 9.75. The Hall–Kier alpha value is -1.24. The summed E-state index contributed by atoms with van der Waals surface area (Å²) in [4.78, 5) is 31.9. The average molecular weight is 861 g/mol. The molecule has 0 unspecified atom stereocenters. The van der Waals surface area contributed by atoms with E-state index in [0.717, 1.165) is 13.0 Å². The second-order valence-electron chi connectivity index (χ2n) is 8.72. The van der Waals surface area contributed by atoms with Crippen LogP contribution < -0.4 is 0 Å². The summed E-state index contributed by atoms with van der Waals surface area (Å²) in [6.45, 7) is 16.8. The highest BCUT2D eigenvalue weighted by molar-refractivity contribution is 14.1. The van der Waals surface area contributed by atoms with Gasteiger partial charge in [-0.1, -0.05) is 13.8 Å². The van der Waals surface area contributed by atoms with E-state index in [-0.39, 0.29) is 50.9 Å². The largest absolute Gasteiger partial charge is 0.466 e. The summed E-state index contributed by atoms with van der Waals surface area (Å²) < 4.78 is 54.2. The Morgan fingerprint density at radius 2 is 0.667 bits per heavy atom. The van der Waals surface area contributed by atoms with Gasteiger partial charge >= 0.3 is 17.9 Å². The lowest BCUT2D eigenvalue weighted by Gasteiger charge is -2.06. The monoisotopic (exact) mass is 860 g/mol. The molecule has 19 heteroatoms. The molecule has 2 radical (unpaired) electrons. The highest BCUT2D eigenvalue weighted by atomic mass is 127. The summed E-state index contributed by atoms with van der Waals surface area (Å²) in [6.07, 6.45) is 1.50. The zero-order chi connectivity index (χ0) is 39.5. The molecule has 0 bridgehead atoms. The van der Waals surface area contributed by atoms with E-state index in [9.17, 15) is 14.4 Å². The van der Waals surface area contributed by atoms with Crippen LogP contribution in [0.2, 0.25) is 0 Å². The van der Waals surface area contributed by atoms with Crippen LogP contribution in [-0.2, 0) is 66.5 Å². The first-order chi connectivity index (χ1) is 24.8. The van der Waals surface area contributed by atoms with Gasteiger partial charge < -0.3 is 67.4 Å². The Morgan fingerprint density at radius 1 is 0.412 bits per heavy atom. The Balaban J connectivity index is -0.000000189. The van der Waals surface area contributed by atoms with Gasteiger partial charge in [-0.2, -0.15) is 22.4 Å². The van der Waals surface area contributed by atoms with E-state index in [4.69, 9.17) is 53.2 Å². The van der Waals surface area contributed by atoms with Crippen LogP contribution in [0.25, 0.3) is 0 Å². The smallest absolute Gasteiger partial charge is 0.332 e. The van der Waals surface area contributed by atoms with Crippen molar-refractivity contribution in [1.29, 1.82) is 0 Å². The van der Waals surface area contributed by atoms with Gasteiger partial charge in [0.1, 0.15) is 13.2 Å². The lowest BCUT2D eigenvalue weighted by atomic mass is 10.5. The Morgan fingerprint density at radius 3 is 0.902 bits per heavy atom. The number of halogens is 1. The fraction of sp³-hybridized carbons (Fsp3) is 0.906. The lowest BCUT2D eigenvalue weighted by Crippen LogP contribution is -2.16. The first kappa shape index (κ1) is 59.1. The molecule has 0 aromatic heterocycles. The number of aliphatic hydroxyl groups excluding tert-OH is 3. The van der Waals surface area contributed by atoms with Crippen molar-refractivity contribution in [2.45, 2.75) is 47.5 Å². The van der Waals surface area contributed by atoms with Crippen LogP contribution in [0.5, 0.6) is 0 Å². The van der Waals surface area contributed by atoms with Crippen LogP contribution in [0.1, 0.15) is 47.5 Å². The molecule has 17 nitrogen and oxygen atoms in total. The van der Waals surface area contributed by atoms with Gasteiger partial charge in [0.15, 0.2) is 5.70 Å². The maximum absolute atomic E-state index is 10.8. The molecule has 0 aliphatic rings. The third kappa shape index (κ3) is 71.0. The van der Waals surface area contributed by atoms with Gasteiger partial charge in [-0.25, -0.2) is 9.59 Å². The fourth-order valence-corrected chi connectivity index (χ4v) is 2.52. The zero-order valence-corrected chi connectivity index (χ0v) is 33.6. The van der Waals surface area contributed by atoms with Crippen LogP contribution in [0.4, 0.5) is 0 Å². The molecule has 0 aromatic carbocycles. The molecule has 0 heterocycles. The van der Waals surface area contributed by atoms with Crippen LogP contribution in [0.15, 0.2) is 0 Å². The zero-order valence-electron chi connectivity index (χ0n) is 31.5. The van der Waals surface area contributed by atoms with Crippen LogP contribution in [0.3, 0.4) is 0 Å². The number of esters is 3. The second kappa shape index (κ2) is 60.8. The molecule has 0 saturated carbocycles. The summed E-state index contributed by atoms with van der Waals surface area (Å²) in [7, 11) is 0. The summed E-state index contributed by atoms with van der Waals surface area (Å²) in [5.41, 5.74) is 4.47. The number of ether oxygens (including phenoxy) is 11. The molecular weight excluding hydrogens is 794 g/mol. The highest BCUT2D eigenvalue weighted by Gasteiger charge is 2.01. The molecule has 0 amide bonds. The predicted molar refractivity (Wildman–Crippen MR) is 198 cm³/mol. The minimum Gasteiger partial charge on any atom is -0.466 e. The van der Waals surface area contributed by atoms with Gasteiger partial charge in [0.2, 0.25) is 0 Å². The topological polar surface area (TPSA) is 213 Å². The van der Waals surface area contributed by atoms with E-state index in [1.165, 1.54) is 0 Å². The number of hydrogen-bond acceptors (Lipinski definition) is 17. The number of carbonyl (C=O) groups excluding carboxylic acids is 3. The van der Waals surface area contributed by atoms with Crippen molar-refractivity contribution >= 4 is 46.0 Å². The molecule has 0 spiro atoms. The molecule has 0 rings (SSSR count). The maximum atomic E-state index is 10.8. The molecule has 0 aliphatic heterocycles. The SMILES string of the molecule is CCCOCCOCCOCC(=O)OCC.CCOC(=O)CC.CCOC(=O)COCCOCCOCCO.OCCOCCOCCO.[B]I. The Labute approximate surface area is 319 Å². The van der Waals surface area contributed by atoms with Crippen molar-refractivity contribution in [2.24, 2.45) is 0 Å². The number of rotatable bonds is 31. The van der Waals surface area contributed by atoms with E-state index in [1.807, 2.05) is 0 Å². The van der Waals surface area contributed by atoms with Crippen LogP contribution in [0, 0.1) is 0 Å². The van der Waals surface area contributed by atoms with Crippen molar-refractivity contribution < 1.29 is 81.8 Å². The summed E-state index contributed by atoms with van der Waals surface area (Å²) >= 11 is 1.65. The van der Waals surface area contributed by atoms with E-state index in [2.05, 4.69) is 26.8 Å². The van der Waals surface area contributed by atoms with E-state index in [1.54, 1.807) is 50.1 Å². The third-order valence-corrected chi connectivity index (χ3v) is 4.56. The third-order valence-electron chi connectivity index (χ3n) is 4.56. The van der Waals surface area contributed by atoms with Gasteiger partial charge in [-0.05, 0) is 27.2 Å². The first-order valence-corrected chi connectivity index (χ1v) is 18.2. The second-order valence-corrected chi connectivity index (χ2v) is 8.72. The minimum absolute atomic E-state index is 0.0104. The maximum Gasteiger partial charge on any atom is 0.332 e. The lowest BCUT2D eigenvalue weighted by molar-refractivity contribution is -0.149. The van der Waals surface area contributed by atoms with Gasteiger partial charge in [0.05, 0.1) is 126 Å². The fourth-order valence-electron chi connectivity index (χ4n) is 2.52. The van der Waals surface area contributed by atoms with Crippen molar-refractivity contribution in [3.8, 4) is 0 Å². The van der Waals surface area contributed by atoms with Gasteiger partial charge in [-0.3, -0.25) is 4.79 Å².